The molecule has 0 fully saturated rings. The number of benzene rings is 2. The van der Waals surface area contributed by atoms with Crippen LogP contribution in [0.1, 0.15) is 30.9 Å². The predicted molar refractivity (Wildman–Crippen MR) is 123 cm³/mol. The number of aryl methyl sites for hydroxylation is 2. The topological polar surface area (TPSA) is 84.9 Å². The van der Waals surface area contributed by atoms with Crippen LogP contribution in [0.4, 0.5) is 5.69 Å². The molecule has 31 heavy (non-hydrogen) atoms. The van der Waals surface area contributed by atoms with E-state index in [0.717, 1.165) is 17.6 Å². The molecule has 0 saturated carbocycles. The molecule has 1 amide bonds. The van der Waals surface area contributed by atoms with E-state index in [-0.39, 0.29) is 24.9 Å². The van der Waals surface area contributed by atoms with E-state index < -0.39 is 10.0 Å². The van der Waals surface area contributed by atoms with E-state index in [1.807, 2.05) is 39.0 Å². The molecule has 0 aliphatic rings. The zero-order valence-corrected chi connectivity index (χ0v) is 19.7. The highest BCUT2D eigenvalue weighted by Gasteiger charge is 2.18. The fourth-order valence-corrected chi connectivity index (χ4v) is 4.01. The summed E-state index contributed by atoms with van der Waals surface area (Å²) in [5.74, 6) is 1.20. The molecule has 0 heterocycles. The largest absolute Gasteiger partial charge is 0.497 e. The van der Waals surface area contributed by atoms with Crippen molar-refractivity contribution in [1.82, 2.24) is 5.32 Å². The third kappa shape index (κ3) is 7.79. The van der Waals surface area contributed by atoms with Crippen molar-refractivity contribution < 1.29 is 22.7 Å². The molecular weight excluding hydrogens is 416 g/mol. The van der Waals surface area contributed by atoms with Crippen LogP contribution in [0.25, 0.3) is 0 Å². The lowest BCUT2D eigenvalue weighted by molar-refractivity contribution is -0.121. The molecule has 1 N–H and O–H groups in total. The Balaban J connectivity index is 1.83. The Morgan fingerprint density at radius 1 is 1.10 bits per heavy atom. The minimum Gasteiger partial charge on any atom is -0.497 e. The predicted octanol–water partition coefficient (Wildman–Crippen LogP) is 3.44. The van der Waals surface area contributed by atoms with E-state index in [9.17, 15) is 13.2 Å². The standard InChI is InChI=1S/C23H32N2O5S/c1-17-11-12-22(14-18(17)2)30-16-19(3)24-23(26)10-7-13-25(31(5,27)28)20-8-6-9-21(15-20)29-4/h6,8-9,11-12,14-15,19H,7,10,13,16H2,1-5H3,(H,24,26)/t19-/m1/s1. The van der Waals surface area contributed by atoms with Crippen LogP contribution in [0.15, 0.2) is 42.5 Å². The zero-order chi connectivity index (χ0) is 23.0. The Morgan fingerprint density at radius 2 is 1.84 bits per heavy atom. The van der Waals surface area contributed by atoms with E-state index in [1.165, 1.54) is 17.0 Å². The van der Waals surface area contributed by atoms with Crippen molar-refractivity contribution in [2.75, 3.05) is 30.8 Å². The molecule has 0 aliphatic heterocycles. The van der Waals surface area contributed by atoms with Gasteiger partial charge in [-0.05, 0) is 62.6 Å². The smallest absolute Gasteiger partial charge is 0.232 e. The maximum atomic E-state index is 12.3. The van der Waals surface area contributed by atoms with Gasteiger partial charge in [0.25, 0.3) is 0 Å². The first-order valence-corrected chi connectivity index (χ1v) is 12.1. The van der Waals surface area contributed by atoms with Gasteiger partial charge in [-0.2, -0.15) is 0 Å². The molecule has 2 rings (SSSR count). The van der Waals surface area contributed by atoms with Crippen LogP contribution in [0.5, 0.6) is 11.5 Å². The Hall–Kier alpha value is -2.74. The van der Waals surface area contributed by atoms with Crippen LogP contribution in [0.3, 0.4) is 0 Å². The summed E-state index contributed by atoms with van der Waals surface area (Å²) < 4.78 is 36.7. The fourth-order valence-electron chi connectivity index (χ4n) is 3.05. The number of amides is 1. The number of rotatable bonds is 11. The first-order chi connectivity index (χ1) is 14.6. The van der Waals surface area contributed by atoms with Crippen LogP contribution in [-0.4, -0.2) is 46.9 Å². The number of anilines is 1. The molecule has 170 valence electrons. The second kappa shape index (κ2) is 11.0. The molecule has 0 unspecified atom stereocenters. The lowest BCUT2D eigenvalue weighted by Crippen LogP contribution is -2.37. The quantitative estimate of drug-likeness (QED) is 0.569. The molecule has 0 bridgehead atoms. The highest BCUT2D eigenvalue weighted by Crippen LogP contribution is 2.23. The molecule has 0 aliphatic carbocycles. The summed E-state index contributed by atoms with van der Waals surface area (Å²) in [6, 6.07) is 12.6. The second-order valence-electron chi connectivity index (χ2n) is 7.67. The number of nitrogens with one attached hydrogen (secondary N) is 1. The summed E-state index contributed by atoms with van der Waals surface area (Å²) in [5.41, 5.74) is 2.86. The maximum Gasteiger partial charge on any atom is 0.232 e. The molecular formula is C23H32N2O5S. The molecule has 1 atom stereocenters. The van der Waals surface area contributed by atoms with Crippen LogP contribution < -0.4 is 19.1 Å². The number of hydrogen-bond donors (Lipinski definition) is 1. The third-order valence-corrected chi connectivity index (χ3v) is 6.09. The van der Waals surface area contributed by atoms with Gasteiger partial charge >= 0.3 is 0 Å². The van der Waals surface area contributed by atoms with E-state index in [4.69, 9.17) is 9.47 Å². The van der Waals surface area contributed by atoms with Crippen LogP contribution >= 0.6 is 0 Å². The number of ether oxygens (including phenoxy) is 2. The highest BCUT2D eigenvalue weighted by molar-refractivity contribution is 7.92. The summed E-state index contributed by atoms with van der Waals surface area (Å²) in [6.07, 6.45) is 1.75. The first-order valence-electron chi connectivity index (χ1n) is 10.2. The normalized spacial score (nSPS) is 12.2. The van der Waals surface area contributed by atoms with Crippen molar-refractivity contribution in [3.05, 3.63) is 53.6 Å². The van der Waals surface area contributed by atoms with Gasteiger partial charge in [0.05, 0.1) is 25.1 Å². The zero-order valence-electron chi connectivity index (χ0n) is 18.8. The van der Waals surface area contributed by atoms with E-state index >= 15 is 0 Å². The molecule has 7 nitrogen and oxygen atoms in total. The summed E-state index contributed by atoms with van der Waals surface area (Å²) >= 11 is 0. The van der Waals surface area contributed by atoms with Gasteiger partial charge in [-0.1, -0.05) is 12.1 Å². The van der Waals surface area contributed by atoms with Gasteiger partial charge in [-0.15, -0.1) is 0 Å². The monoisotopic (exact) mass is 448 g/mol. The minimum absolute atomic E-state index is 0.143. The van der Waals surface area contributed by atoms with Gasteiger partial charge in [0.1, 0.15) is 18.1 Å². The van der Waals surface area contributed by atoms with Gasteiger partial charge in [-0.25, -0.2) is 8.42 Å². The molecule has 2 aromatic rings. The van der Waals surface area contributed by atoms with Gasteiger partial charge in [0, 0.05) is 19.0 Å². The fraction of sp³-hybridized carbons (Fsp3) is 0.435. The van der Waals surface area contributed by atoms with Crippen molar-refractivity contribution in [3.63, 3.8) is 0 Å². The minimum atomic E-state index is -3.48. The number of nitrogens with zero attached hydrogens (tertiary/aromatic N) is 1. The van der Waals surface area contributed by atoms with E-state index in [0.29, 0.717) is 24.5 Å². The lowest BCUT2D eigenvalue weighted by atomic mass is 10.1. The first kappa shape index (κ1) is 24.5. The Bertz CT molecular complexity index is 991. The van der Waals surface area contributed by atoms with Crippen molar-refractivity contribution in [3.8, 4) is 11.5 Å². The molecule has 0 saturated heterocycles. The van der Waals surface area contributed by atoms with E-state index in [1.54, 1.807) is 24.3 Å². The molecule has 0 radical (unpaired) electrons. The number of carbonyl (C=O) groups excluding carboxylic acids is 1. The second-order valence-corrected chi connectivity index (χ2v) is 9.57. The van der Waals surface area contributed by atoms with Gasteiger partial charge in [-0.3, -0.25) is 9.10 Å². The summed E-state index contributed by atoms with van der Waals surface area (Å²) in [7, 11) is -1.96. The van der Waals surface area contributed by atoms with Gasteiger partial charge in [0.15, 0.2) is 0 Å². The Kier molecular flexibility index (Phi) is 8.74. The summed E-state index contributed by atoms with van der Waals surface area (Å²) in [6.45, 7) is 6.50. The average Bonchev–Trinajstić information content (AvgIpc) is 2.71. The van der Waals surface area contributed by atoms with Crippen LogP contribution in [0, 0.1) is 13.8 Å². The molecule has 8 heteroatoms. The Morgan fingerprint density at radius 3 is 2.48 bits per heavy atom. The van der Waals surface area contributed by atoms with Crippen molar-refractivity contribution in [1.29, 1.82) is 0 Å². The molecule has 0 aromatic heterocycles. The Labute approximate surface area is 185 Å². The van der Waals surface area contributed by atoms with Crippen molar-refractivity contribution in [2.45, 2.75) is 39.7 Å². The molecule has 0 spiro atoms. The van der Waals surface area contributed by atoms with Crippen molar-refractivity contribution >= 4 is 21.6 Å². The summed E-state index contributed by atoms with van der Waals surface area (Å²) in [4.78, 5) is 12.3. The van der Waals surface area contributed by atoms with Crippen molar-refractivity contribution in [2.24, 2.45) is 0 Å². The average molecular weight is 449 g/mol. The number of sulfonamides is 1. The lowest BCUT2D eigenvalue weighted by Gasteiger charge is -2.23. The SMILES string of the molecule is COc1cccc(N(CCCC(=O)N[C@H](C)COc2ccc(C)c(C)c2)S(C)(=O)=O)c1. The highest BCUT2D eigenvalue weighted by atomic mass is 32.2. The van der Waals surface area contributed by atoms with Gasteiger partial charge < -0.3 is 14.8 Å². The van der Waals surface area contributed by atoms with Gasteiger partial charge in [0.2, 0.25) is 15.9 Å². The number of methoxy groups -OCH3 is 1. The maximum absolute atomic E-state index is 12.3. The third-order valence-electron chi connectivity index (χ3n) is 4.89. The van der Waals surface area contributed by atoms with E-state index in [2.05, 4.69) is 5.32 Å². The van der Waals surface area contributed by atoms with Crippen LogP contribution in [-0.2, 0) is 14.8 Å². The summed E-state index contributed by atoms with van der Waals surface area (Å²) in [5, 5.41) is 2.89. The number of hydrogen-bond acceptors (Lipinski definition) is 5. The molecule has 2 aromatic carbocycles. The van der Waals surface area contributed by atoms with Crippen LogP contribution in [0.2, 0.25) is 0 Å². The number of carbonyl (C=O) groups is 1.